The number of nitrogens with zero attached hydrogens (tertiary/aromatic N) is 2. The van der Waals surface area contributed by atoms with Gasteiger partial charge in [0.1, 0.15) is 0 Å². The maximum absolute atomic E-state index is 5.30. The minimum atomic E-state index is 0.438. The molecule has 0 aliphatic carbocycles. The maximum Gasteiger partial charge on any atom is 0.0951 e. The van der Waals surface area contributed by atoms with Gasteiger partial charge in [0.15, 0.2) is 0 Å². The van der Waals surface area contributed by atoms with E-state index >= 15 is 0 Å². The Bertz CT molecular complexity index is 314. The monoisotopic (exact) mass is 223 g/mol. The van der Waals surface area contributed by atoms with Crippen LogP contribution in [-0.2, 0) is 4.74 Å². The normalized spacial score (nSPS) is 18.4. The Kier molecular flexibility index (Phi) is 3.96. The van der Waals surface area contributed by atoms with Gasteiger partial charge in [-0.2, -0.15) is 0 Å². The molecule has 1 aliphatic heterocycles. The predicted octanol–water partition coefficient (Wildman–Crippen LogP) is 1.56. The molecule has 2 heterocycles. The summed E-state index contributed by atoms with van der Waals surface area (Å²) in [5.74, 6) is 0.638. The van der Waals surface area contributed by atoms with Gasteiger partial charge >= 0.3 is 0 Å². The minimum absolute atomic E-state index is 0.438. The molecular formula is C12H21N3O. The first kappa shape index (κ1) is 11.6. The smallest absolute Gasteiger partial charge is 0.0951 e. The number of nitrogens with one attached hydrogen (secondary N) is 1. The van der Waals surface area contributed by atoms with E-state index in [2.05, 4.69) is 21.8 Å². The molecule has 1 saturated heterocycles. The van der Waals surface area contributed by atoms with Gasteiger partial charge in [-0.15, -0.1) is 0 Å². The first-order chi connectivity index (χ1) is 7.86. The number of ether oxygens (including phenoxy) is 1. The van der Waals surface area contributed by atoms with Crippen molar-refractivity contribution in [2.75, 3.05) is 26.8 Å². The van der Waals surface area contributed by atoms with Crippen molar-refractivity contribution in [3.05, 3.63) is 18.2 Å². The fourth-order valence-corrected chi connectivity index (χ4v) is 2.26. The SMILES string of the molecule is CCCC(COC)n1cncc1C1CNC1. The van der Waals surface area contributed by atoms with E-state index in [1.807, 2.05) is 12.5 Å². The van der Waals surface area contributed by atoms with E-state index in [-0.39, 0.29) is 0 Å². The van der Waals surface area contributed by atoms with Crippen molar-refractivity contribution in [3.63, 3.8) is 0 Å². The summed E-state index contributed by atoms with van der Waals surface area (Å²) < 4.78 is 7.61. The molecule has 0 radical (unpaired) electrons. The molecule has 1 atom stereocenters. The van der Waals surface area contributed by atoms with Crippen LogP contribution in [0.15, 0.2) is 12.5 Å². The summed E-state index contributed by atoms with van der Waals surface area (Å²) in [5, 5.41) is 3.31. The molecule has 16 heavy (non-hydrogen) atoms. The molecule has 1 fully saturated rings. The van der Waals surface area contributed by atoms with Gasteiger partial charge in [0.25, 0.3) is 0 Å². The first-order valence-corrected chi connectivity index (χ1v) is 6.08. The average molecular weight is 223 g/mol. The lowest BCUT2D eigenvalue weighted by Gasteiger charge is -2.30. The summed E-state index contributed by atoms with van der Waals surface area (Å²) in [7, 11) is 1.77. The number of aromatic nitrogens is 2. The fourth-order valence-electron chi connectivity index (χ4n) is 2.26. The highest BCUT2D eigenvalue weighted by Gasteiger charge is 2.24. The highest BCUT2D eigenvalue weighted by molar-refractivity contribution is 5.12. The van der Waals surface area contributed by atoms with Crippen LogP contribution in [0.1, 0.15) is 37.4 Å². The topological polar surface area (TPSA) is 39.1 Å². The van der Waals surface area contributed by atoms with Gasteiger partial charge in [-0.05, 0) is 6.42 Å². The second-order valence-corrected chi connectivity index (χ2v) is 4.48. The van der Waals surface area contributed by atoms with Crippen molar-refractivity contribution in [3.8, 4) is 0 Å². The van der Waals surface area contributed by atoms with Crippen LogP contribution in [0.25, 0.3) is 0 Å². The Morgan fingerprint density at radius 1 is 1.62 bits per heavy atom. The zero-order chi connectivity index (χ0) is 11.4. The molecule has 0 amide bonds. The molecule has 0 aromatic carbocycles. The molecule has 1 aliphatic rings. The Morgan fingerprint density at radius 2 is 2.44 bits per heavy atom. The number of imidazole rings is 1. The molecule has 4 nitrogen and oxygen atoms in total. The number of hydrogen-bond donors (Lipinski definition) is 1. The lowest BCUT2D eigenvalue weighted by atomic mass is 9.99. The molecule has 0 saturated carbocycles. The summed E-state index contributed by atoms with van der Waals surface area (Å²) in [6.07, 6.45) is 6.28. The molecule has 1 unspecified atom stereocenters. The minimum Gasteiger partial charge on any atom is -0.383 e. The Morgan fingerprint density at radius 3 is 3.00 bits per heavy atom. The summed E-state index contributed by atoms with van der Waals surface area (Å²) >= 11 is 0. The lowest BCUT2D eigenvalue weighted by molar-refractivity contribution is 0.147. The molecule has 4 heteroatoms. The summed E-state index contributed by atoms with van der Waals surface area (Å²) in [6, 6.07) is 0.438. The number of methoxy groups -OCH3 is 1. The van der Waals surface area contributed by atoms with E-state index in [1.165, 1.54) is 12.1 Å². The van der Waals surface area contributed by atoms with Gasteiger partial charge in [-0.3, -0.25) is 0 Å². The van der Waals surface area contributed by atoms with Crippen molar-refractivity contribution < 1.29 is 4.74 Å². The predicted molar refractivity (Wildman–Crippen MR) is 63.7 cm³/mol. The molecule has 1 aromatic rings. The van der Waals surface area contributed by atoms with Crippen LogP contribution in [0.3, 0.4) is 0 Å². The quantitative estimate of drug-likeness (QED) is 0.795. The van der Waals surface area contributed by atoms with Crippen molar-refractivity contribution in [1.82, 2.24) is 14.9 Å². The average Bonchev–Trinajstić information content (AvgIpc) is 2.64. The van der Waals surface area contributed by atoms with Crippen LogP contribution in [0.4, 0.5) is 0 Å². The summed E-state index contributed by atoms with van der Waals surface area (Å²) in [6.45, 7) is 5.15. The van der Waals surface area contributed by atoms with Crippen molar-refractivity contribution in [2.45, 2.75) is 31.7 Å². The summed E-state index contributed by atoms with van der Waals surface area (Å²) in [4.78, 5) is 4.29. The lowest BCUT2D eigenvalue weighted by Crippen LogP contribution is -2.41. The van der Waals surface area contributed by atoms with E-state index < -0.39 is 0 Å². The van der Waals surface area contributed by atoms with Crippen LogP contribution in [0.2, 0.25) is 0 Å². The second kappa shape index (κ2) is 5.46. The highest BCUT2D eigenvalue weighted by atomic mass is 16.5. The third-order valence-corrected chi connectivity index (χ3v) is 3.27. The van der Waals surface area contributed by atoms with Crippen molar-refractivity contribution >= 4 is 0 Å². The van der Waals surface area contributed by atoms with E-state index in [0.717, 1.165) is 26.1 Å². The highest BCUT2D eigenvalue weighted by Crippen LogP contribution is 2.24. The van der Waals surface area contributed by atoms with Crippen LogP contribution in [-0.4, -0.2) is 36.4 Å². The summed E-state index contributed by atoms with van der Waals surface area (Å²) in [5.41, 5.74) is 1.36. The van der Waals surface area contributed by atoms with E-state index in [4.69, 9.17) is 4.74 Å². The Balaban J connectivity index is 2.12. The van der Waals surface area contributed by atoms with Crippen LogP contribution in [0.5, 0.6) is 0 Å². The van der Waals surface area contributed by atoms with Gasteiger partial charge in [0.2, 0.25) is 0 Å². The molecule has 0 spiro atoms. The van der Waals surface area contributed by atoms with Crippen LogP contribution >= 0.6 is 0 Å². The molecular weight excluding hydrogens is 202 g/mol. The van der Waals surface area contributed by atoms with Gasteiger partial charge in [0.05, 0.1) is 19.0 Å². The number of rotatable bonds is 6. The largest absolute Gasteiger partial charge is 0.383 e. The van der Waals surface area contributed by atoms with Crippen LogP contribution in [0, 0.1) is 0 Å². The fraction of sp³-hybridized carbons (Fsp3) is 0.750. The van der Waals surface area contributed by atoms with E-state index in [1.54, 1.807) is 7.11 Å². The zero-order valence-corrected chi connectivity index (χ0v) is 10.1. The van der Waals surface area contributed by atoms with Crippen LogP contribution < -0.4 is 5.32 Å². The Labute approximate surface area is 97.0 Å². The third-order valence-electron chi connectivity index (χ3n) is 3.27. The second-order valence-electron chi connectivity index (χ2n) is 4.48. The maximum atomic E-state index is 5.30. The van der Waals surface area contributed by atoms with Gasteiger partial charge < -0.3 is 14.6 Å². The molecule has 1 N–H and O–H groups in total. The Hall–Kier alpha value is -0.870. The molecule has 2 rings (SSSR count). The molecule has 90 valence electrons. The number of hydrogen-bond acceptors (Lipinski definition) is 3. The molecule has 0 bridgehead atoms. The first-order valence-electron chi connectivity index (χ1n) is 6.08. The van der Waals surface area contributed by atoms with Gasteiger partial charge in [-0.1, -0.05) is 13.3 Å². The van der Waals surface area contributed by atoms with Crippen molar-refractivity contribution in [1.29, 1.82) is 0 Å². The van der Waals surface area contributed by atoms with E-state index in [9.17, 15) is 0 Å². The zero-order valence-electron chi connectivity index (χ0n) is 10.1. The van der Waals surface area contributed by atoms with Crippen molar-refractivity contribution in [2.24, 2.45) is 0 Å². The standard InChI is InChI=1S/C12H21N3O/c1-3-4-11(8-16-2)15-9-14-7-12(15)10-5-13-6-10/h7,9-11,13H,3-6,8H2,1-2H3. The van der Waals surface area contributed by atoms with Gasteiger partial charge in [-0.25, -0.2) is 4.98 Å². The van der Waals surface area contributed by atoms with Gasteiger partial charge in [0, 0.05) is 38.0 Å². The molecule has 1 aromatic heterocycles. The van der Waals surface area contributed by atoms with E-state index in [0.29, 0.717) is 12.0 Å². The third kappa shape index (κ3) is 2.28.